The summed E-state index contributed by atoms with van der Waals surface area (Å²) in [7, 11) is 0. The first-order chi connectivity index (χ1) is 8.29. The molecular weight excluding hydrogens is 234 g/mol. The SMILES string of the molecule is CCOC(=O)CC1(C[N+](=O)[O-])CCC(C)(C)CC1. The van der Waals surface area contributed by atoms with Crippen molar-refractivity contribution in [3.8, 4) is 0 Å². The third-order valence-corrected chi connectivity index (χ3v) is 3.95. The number of nitrogens with zero attached hydrogens (tertiary/aromatic N) is 1. The lowest BCUT2D eigenvalue weighted by Crippen LogP contribution is -2.38. The third kappa shape index (κ3) is 4.27. The number of nitro groups is 1. The van der Waals surface area contributed by atoms with Crippen LogP contribution >= 0.6 is 0 Å². The van der Waals surface area contributed by atoms with E-state index < -0.39 is 5.41 Å². The molecule has 5 heteroatoms. The Morgan fingerprint density at radius 3 is 2.28 bits per heavy atom. The van der Waals surface area contributed by atoms with Crippen molar-refractivity contribution >= 4 is 5.97 Å². The first-order valence-corrected chi connectivity index (χ1v) is 6.56. The first-order valence-electron chi connectivity index (χ1n) is 6.56. The van der Waals surface area contributed by atoms with Crippen LogP contribution < -0.4 is 0 Å². The number of hydrogen-bond donors (Lipinski definition) is 0. The molecule has 5 nitrogen and oxygen atoms in total. The van der Waals surface area contributed by atoms with E-state index in [1.807, 2.05) is 0 Å². The largest absolute Gasteiger partial charge is 0.466 e. The minimum absolute atomic E-state index is 0.123. The highest BCUT2D eigenvalue weighted by molar-refractivity contribution is 5.70. The Hall–Kier alpha value is -1.13. The fraction of sp³-hybridized carbons (Fsp3) is 0.923. The number of hydrogen-bond acceptors (Lipinski definition) is 4. The molecule has 0 aromatic heterocycles. The van der Waals surface area contributed by atoms with Crippen molar-refractivity contribution in [1.29, 1.82) is 0 Å². The van der Waals surface area contributed by atoms with E-state index in [0.717, 1.165) is 25.7 Å². The summed E-state index contributed by atoms with van der Waals surface area (Å²) in [6, 6.07) is 0. The van der Waals surface area contributed by atoms with Crippen molar-refractivity contribution in [1.82, 2.24) is 0 Å². The van der Waals surface area contributed by atoms with Crippen LogP contribution in [0.2, 0.25) is 0 Å². The van der Waals surface area contributed by atoms with Crippen LogP contribution in [-0.2, 0) is 9.53 Å². The predicted octanol–water partition coefficient (Wildman–Crippen LogP) is 2.80. The highest BCUT2D eigenvalue weighted by Gasteiger charge is 2.43. The van der Waals surface area contributed by atoms with E-state index >= 15 is 0 Å². The molecule has 0 heterocycles. The Morgan fingerprint density at radius 2 is 1.83 bits per heavy atom. The lowest BCUT2D eigenvalue weighted by molar-refractivity contribution is -0.499. The number of esters is 1. The average molecular weight is 257 g/mol. The van der Waals surface area contributed by atoms with Crippen LogP contribution in [0.1, 0.15) is 52.9 Å². The van der Waals surface area contributed by atoms with E-state index in [9.17, 15) is 14.9 Å². The molecule has 0 aromatic rings. The van der Waals surface area contributed by atoms with Gasteiger partial charge in [0.25, 0.3) is 0 Å². The lowest BCUT2D eigenvalue weighted by atomic mass is 9.64. The van der Waals surface area contributed by atoms with Gasteiger partial charge < -0.3 is 4.74 Å². The van der Waals surface area contributed by atoms with Crippen molar-refractivity contribution in [3.05, 3.63) is 10.1 Å². The van der Waals surface area contributed by atoms with E-state index in [1.54, 1.807) is 6.92 Å². The normalized spacial score (nSPS) is 21.3. The zero-order valence-electron chi connectivity index (χ0n) is 11.5. The molecule has 0 radical (unpaired) electrons. The molecule has 1 aliphatic carbocycles. The molecule has 0 unspecified atom stereocenters. The number of carbonyl (C=O) groups excluding carboxylic acids is 1. The van der Waals surface area contributed by atoms with Crippen molar-refractivity contribution in [2.24, 2.45) is 10.8 Å². The smallest absolute Gasteiger partial charge is 0.306 e. The zero-order valence-corrected chi connectivity index (χ0v) is 11.5. The van der Waals surface area contributed by atoms with Gasteiger partial charge in [0.15, 0.2) is 0 Å². The summed E-state index contributed by atoms with van der Waals surface area (Å²) in [5.41, 5.74) is -0.264. The summed E-state index contributed by atoms with van der Waals surface area (Å²) in [5.74, 6) is -0.306. The summed E-state index contributed by atoms with van der Waals surface area (Å²) in [5, 5.41) is 10.8. The van der Waals surface area contributed by atoms with Crippen molar-refractivity contribution in [3.63, 3.8) is 0 Å². The van der Waals surface area contributed by atoms with Crippen molar-refractivity contribution in [2.75, 3.05) is 13.2 Å². The summed E-state index contributed by atoms with van der Waals surface area (Å²) in [6.45, 7) is 6.31. The molecule has 1 saturated carbocycles. The van der Waals surface area contributed by atoms with E-state index in [1.165, 1.54) is 0 Å². The van der Waals surface area contributed by atoms with E-state index in [0.29, 0.717) is 6.61 Å². The van der Waals surface area contributed by atoms with E-state index in [-0.39, 0.29) is 29.3 Å². The summed E-state index contributed by atoms with van der Waals surface area (Å²) in [4.78, 5) is 22.1. The maximum atomic E-state index is 11.6. The average Bonchev–Trinajstić information content (AvgIpc) is 2.22. The maximum absolute atomic E-state index is 11.6. The zero-order chi connectivity index (χ0) is 13.8. The molecular formula is C13H23NO4. The van der Waals surface area contributed by atoms with Crippen LogP contribution in [0, 0.1) is 20.9 Å². The Kier molecular flexibility index (Phi) is 4.71. The minimum atomic E-state index is -0.495. The summed E-state index contributed by atoms with van der Waals surface area (Å²) >= 11 is 0. The second kappa shape index (κ2) is 5.67. The highest BCUT2D eigenvalue weighted by atomic mass is 16.6. The molecule has 0 spiro atoms. The third-order valence-electron chi connectivity index (χ3n) is 3.95. The van der Waals surface area contributed by atoms with E-state index in [4.69, 9.17) is 4.74 Å². The van der Waals surface area contributed by atoms with Gasteiger partial charge >= 0.3 is 5.97 Å². The van der Waals surface area contributed by atoms with Gasteiger partial charge in [-0.25, -0.2) is 0 Å². The molecule has 0 saturated heterocycles. The Balaban J connectivity index is 2.71. The minimum Gasteiger partial charge on any atom is -0.466 e. The standard InChI is InChI=1S/C13H23NO4/c1-4-18-11(15)9-13(10-14(16)17)7-5-12(2,3)6-8-13/h4-10H2,1-3H3. The Bertz CT molecular complexity index is 315. The monoisotopic (exact) mass is 257 g/mol. The predicted molar refractivity (Wildman–Crippen MR) is 67.8 cm³/mol. The van der Waals surface area contributed by atoms with Crippen LogP contribution in [0.4, 0.5) is 0 Å². The molecule has 0 amide bonds. The topological polar surface area (TPSA) is 69.4 Å². The molecule has 0 N–H and O–H groups in total. The molecule has 0 bridgehead atoms. The highest BCUT2D eigenvalue weighted by Crippen LogP contribution is 2.47. The second-order valence-corrected chi connectivity index (χ2v) is 6.14. The van der Waals surface area contributed by atoms with Gasteiger partial charge in [-0.2, -0.15) is 0 Å². The van der Waals surface area contributed by atoms with E-state index in [2.05, 4.69) is 13.8 Å². The molecule has 104 valence electrons. The summed E-state index contributed by atoms with van der Waals surface area (Å²) in [6.07, 6.45) is 3.51. The van der Waals surface area contributed by atoms with Crippen LogP contribution in [0.15, 0.2) is 0 Å². The lowest BCUT2D eigenvalue weighted by Gasteiger charge is -2.40. The van der Waals surface area contributed by atoms with Crippen molar-refractivity contribution < 1.29 is 14.5 Å². The quantitative estimate of drug-likeness (QED) is 0.431. The molecule has 1 aliphatic rings. The second-order valence-electron chi connectivity index (χ2n) is 6.14. The number of ether oxygens (including phenoxy) is 1. The molecule has 18 heavy (non-hydrogen) atoms. The van der Waals surface area contributed by atoms with Crippen LogP contribution in [0.3, 0.4) is 0 Å². The first kappa shape index (κ1) is 14.9. The molecule has 1 fully saturated rings. The van der Waals surface area contributed by atoms with Gasteiger partial charge in [-0.15, -0.1) is 0 Å². The molecule has 0 aliphatic heterocycles. The number of carbonyl (C=O) groups is 1. The van der Waals surface area contributed by atoms with Gasteiger partial charge in [0.1, 0.15) is 0 Å². The maximum Gasteiger partial charge on any atom is 0.306 e. The van der Waals surface area contributed by atoms with Gasteiger partial charge in [0, 0.05) is 10.3 Å². The number of rotatable bonds is 5. The van der Waals surface area contributed by atoms with Gasteiger partial charge in [-0.05, 0) is 38.0 Å². The summed E-state index contributed by atoms with van der Waals surface area (Å²) < 4.78 is 4.94. The van der Waals surface area contributed by atoms with Crippen LogP contribution in [-0.4, -0.2) is 24.0 Å². The van der Waals surface area contributed by atoms with Gasteiger partial charge in [0.2, 0.25) is 6.54 Å². The van der Waals surface area contributed by atoms with Gasteiger partial charge in [-0.1, -0.05) is 13.8 Å². The molecule has 0 atom stereocenters. The fourth-order valence-corrected chi connectivity index (χ4v) is 2.64. The Labute approximate surface area is 108 Å². The van der Waals surface area contributed by atoms with Gasteiger partial charge in [-0.3, -0.25) is 14.9 Å². The molecule has 0 aromatic carbocycles. The van der Waals surface area contributed by atoms with Crippen LogP contribution in [0.5, 0.6) is 0 Å². The fourth-order valence-electron chi connectivity index (χ4n) is 2.64. The Morgan fingerprint density at radius 1 is 1.28 bits per heavy atom. The van der Waals surface area contributed by atoms with Gasteiger partial charge in [0.05, 0.1) is 13.0 Å². The van der Waals surface area contributed by atoms with Crippen molar-refractivity contribution in [2.45, 2.75) is 52.9 Å². The van der Waals surface area contributed by atoms with Crippen LogP contribution in [0.25, 0.3) is 0 Å². The molecule has 1 rings (SSSR count).